The number of piperidine rings is 1. The second-order valence-corrected chi connectivity index (χ2v) is 4.55. The van der Waals surface area contributed by atoms with Gasteiger partial charge < -0.3 is 10.4 Å². The number of nitrogens with one attached hydrogen (secondary N) is 1. The molecule has 1 fully saturated rings. The van der Waals surface area contributed by atoms with E-state index in [0.717, 1.165) is 12.6 Å². The van der Waals surface area contributed by atoms with Crippen molar-refractivity contribution in [3.63, 3.8) is 0 Å². The average Bonchev–Trinajstić information content (AvgIpc) is 2.32. The summed E-state index contributed by atoms with van der Waals surface area (Å²) >= 11 is 0. The summed E-state index contributed by atoms with van der Waals surface area (Å²) < 4.78 is 13.2. The van der Waals surface area contributed by atoms with Crippen molar-refractivity contribution in [2.45, 2.75) is 18.9 Å². The van der Waals surface area contributed by atoms with Crippen molar-refractivity contribution in [3.8, 4) is 0 Å². The highest BCUT2D eigenvalue weighted by Crippen LogP contribution is 2.25. The molecule has 1 heterocycles. The van der Waals surface area contributed by atoms with Crippen molar-refractivity contribution in [2.24, 2.45) is 5.92 Å². The maximum atomic E-state index is 13.2. The Balaban J connectivity index is 2.21. The summed E-state index contributed by atoms with van der Waals surface area (Å²) in [6, 6.07) is 3.43. The first-order valence-electron chi connectivity index (χ1n) is 5.89. The minimum Gasteiger partial charge on any atom is -0.393 e. The Bertz CT molecular complexity index is 453. The number of nitrogens with zero attached hydrogens (tertiary/aromatic N) is 1. The van der Waals surface area contributed by atoms with Crippen LogP contribution in [0.25, 0.3) is 0 Å². The van der Waals surface area contributed by atoms with Crippen LogP contribution in [-0.4, -0.2) is 29.2 Å². The number of nitro benzene ring substituents is 1. The molecule has 0 radical (unpaired) electrons. The summed E-state index contributed by atoms with van der Waals surface area (Å²) in [6.45, 7) is 1.33. The van der Waals surface area contributed by atoms with Crippen molar-refractivity contribution in [2.75, 3.05) is 13.1 Å². The average molecular weight is 254 g/mol. The highest BCUT2D eigenvalue weighted by Gasteiger charge is 2.26. The van der Waals surface area contributed by atoms with Crippen molar-refractivity contribution in [3.05, 3.63) is 39.7 Å². The van der Waals surface area contributed by atoms with Gasteiger partial charge in [0, 0.05) is 24.1 Å². The molecule has 18 heavy (non-hydrogen) atoms. The Morgan fingerprint density at radius 2 is 2.33 bits per heavy atom. The van der Waals surface area contributed by atoms with Crippen LogP contribution in [0.4, 0.5) is 10.1 Å². The van der Waals surface area contributed by atoms with Gasteiger partial charge in [0.05, 0.1) is 11.0 Å². The number of aliphatic hydroxyl groups excluding tert-OH is 1. The zero-order valence-electron chi connectivity index (χ0n) is 9.80. The monoisotopic (exact) mass is 254 g/mol. The lowest BCUT2D eigenvalue weighted by Crippen LogP contribution is -2.40. The van der Waals surface area contributed by atoms with E-state index in [4.69, 9.17) is 0 Å². The fourth-order valence-corrected chi connectivity index (χ4v) is 2.30. The van der Waals surface area contributed by atoms with E-state index in [-0.39, 0.29) is 11.6 Å². The van der Waals surface area contributed by atoms with Crippen LogP contribution in [0.5, 0.6) is 0 Å². The zero-order valence-corrected chi connectivity index (χ0v) is 9.80. The normalized spacial score (nSPS) is 23.9. The Morgan fingerprint density at radius 1 is 1.56 bits per heavy atom. The van der Waals surface area contributed by atoms with Gasteiger partial charge in [-0.05, 0) is 31.5 Å². The molecule has 0 saturated carbocycles. The van der Waals surface area contributed by atoms with Crippen LogP contribution < -0.4 is 5.32 Å². The molecule has 1 aliphatic rings. The summed E-state index contributed by atoms with van der Waals surface area (Å²) in [6.07, 6.45) is 0.435. The van der Waals surface area contributed by atoms with Gasteiger partial charge in [-0.15, -0.1) is 0 Å². The molecule has 1 aromatic carbocycles. The van der Waals surface area contributed by atoms with E-state index in [1.54, 1.807) is 0 Å². The zero-order chi connectivity index (χ0) is 13.1. The molecule has 5 nitrogen and oxygen atoms in total. The topological polar surface area (TPSA) is 75.4 Å². The molecular weight excluding hydrogens is 239 g/mol. The summed E-state index contributed by atoms with van der Waals surface area (Å²) in [5.74, 6) is -0.604. The van der Waals surface area contributed by atoms with Crippen LogP contribution in [0.1, 0.15) is 12.0 Å². The predicted octanol–water partition coefficient (Wildman–Crippen LogP) is 1.25. The second-order valence-electron chi connectivity index (χ2n) is 4.55. The Labute approximate surface area is 104 Å². The van der Waals surface area contributed by atoms with Gasteiger partial charge in [0.15, 0.2) is 0 Å². The van der Waals surface area contributed by atoms with E-state index in [2.05, 4.69) is 5.32 Å². The van der Waals surface area contributed by atoms with Crippen LogP contribution >= 0.6 is 0 Å². The number of hydrogen-bond acceptors (Lipinski definition) is 4. The van der Waals surface area contributed by atoms with Crippen LogP contribution in [0.2, 0.25) is 0 Å². The van der Waals surface area contributed by atoms with E-state index in [1.807, 2.05) is 0 Å². The van der Waals surface area contributed by atoms with Crippen molar-refractivity contribution >= 4 is 5.69 Å². The second kappa shape index (κ2) is 5.41. The van der Waals surface area contributed by atoms with Gasteiger partial charge in [-0.1, -0.05) is 0 Å². The van der Waals surface area contributed by atoms with Gasteiger partial charge >= 0.3 is 0 Å². The summed E-state index contributed by atoms with van der Waals surface area (Å²) in [5.41, 5.74) is 0.252. The molecule has 2 N–H and O–H groups in total. The first-order valence-corrected chi connectivity index (χ1v) is 5.89. The van der Waals surface area contributed by atoms with Gasteiger partial charge in [0.25, 0.3) is 5.69 Å². The largest absolute Gasteiger partial charge is 0.393 e. The molecule has 0 bridgehead atoms. The lowest BCUT2D eigenvalue weighted by molar-refractivity contribution is -0.385. The molecule has 6 heteroatoms. The quantitative estimate of drug-likeness (QED) is 0.628. The highest BCUT2D eigenvalue weighted by molar-refractivity contribution is 5.40. The minimum atomic E-state index is -0.516. The molecule has 0 aromatic heterocycles. The molecule has 2 atom stereocenters. The number of nitro groups is 1. The number of benzene rings is 1. The van der Waals surface area contributed by atoms with Crippen molar-refractivity contribution in [1.82, 2.24) is 5.32 Å². The van der Waals surface area contributed by atoms with Gasteiger partial charge in [-0.25, -0.2) is 4.39 Å². The predicted molar refractivity (Wildman–Crippen MR) is 63.7 cm³/mol. The number of aliphatic hydroxyl groups is 1. The first kappa shape index (κ1) is 12.9. The lowest BCUT2D eigenvalue weighted by atomic mass is 9.89. The van der Waals surface area contributed by atoms with E-state index in [1.165, 1.54) is 12.1 Å². The van der Waals surface area contributed by atoms with Gasteiger partial charge in [-0.3, -0.25) is 10.1 Å². The molecular formula is C12H15FN2O3. The Morgan fingerprint density at radius 3 is 3.00 bits per heavy atom. The van der Waals surface area contributed by atoms with Gasteiger partial charge in [0.1, 0.15) is 5.82 Å². The summed E-state index contributed by atoms with van der Waals surface area (Å²) in [4.78, 5) is 10.3. The third-order valence-corrected chi connectivity index (χ3v) is 3.29. The Hall–Kier alpha value is -1.53. The van der Waals surface area contributed by atoms with Crippen molar-refractivity contribution < 1.29 is 14.4 Å². The fourth-order valence-electron chi connectivity index (χ4n) is 2.30. The maximum Gasteiger partial charge on any atom is 0.272 e. The molecule has 1 saturated heterocycles. The molecule has 1 aliphatic heterocycles. The van der Waals surface area contributed by atoms with Crippen LogP contribution in [0.3, 0.4) is 0 Å². The van der Waals surface area contributed by atoms with Gasteiger partial charge in [0.2, 0.25) is 0 Å². The van der Waals surface area contributed by atoms with Crippen molar-refractivity contribution in [1.29, 1.82) is 0 Å². The number of hydrogen-bond donors (Lipinski definition) is 2. The number of halogens is 1. The fraction of sp³-hybridized carbons (Fsp3) is 0.500. The van der Waals surface area contributed by atoms with E-state index >= 15 is 0 Å². The lowest BCUT2D eigenvalue weighted by Gasteiger charge is -2.28. The SMILES string of the molecule is O=[N+]([O-])c1ccc(F)cc1CC1CNCCC1O. The number of rotatable bonds is 3. The maximum absolute atomic E-state index is 13.2. The molecule has 2 unspecified atom stereocenters. The minimum absolute atomic E-state index is 0.0887. The smallest absolute Gasteiger partial charge is 0.272 e. The molecule has 2 rings (SSSR count). The highest BCUT2D eigenvalue weighted by atomic mass is 19.1. The molecule has 0 spiro atoms. The standard InChI is InChI=1S/C12H15FN2O3/c13-10-1-2-11(15(17)18)8(6-10)5-9-7-14-4-3-12(9)16/h1-2,6,9,12,14,16H,3-5,7H2. The summed E-state index contributed by atoms with van der Waals surface area (Å²) in [5, 5.41) is 23.8. The third-order valence-electron chi connectivity index (χ3n) is 3.29. The molecule has 0 amide bonds. The molecule has 0 aliphatic carbocycles. The van der Waals surface area contributed by atoms with E-state index < -0.39 is 16.8 Å². The van der Waals surface area contributed by atoms with E-state index in [0.29, 0.717) is 24.9 Å². The molecule has 98 valence electrons. The summed E-state index contributed by atoms with van der Waals surface area (Å²) in [7, 11) is 0. The van der Waals surface area contributed by atoms with Crippen LogP contribution in [0, 0.1) is 21.8 Å². The first-order chi connectivity index (χ1) is 8.58. The van der Waals surface area contributed by atoms with Crippen LogP contribution in [0.15, 0.2) is 18.2 Å². The van der Waals surface area contributed by atoms with Crippen LogP contribution in [-0.2, 0) is 6.42 Å². The molecule has 1 aromatic rings. The van der Waals surface area contributed by atoms with Gasteiger partial charge in [-0.2, -0.15) is 0 Å². The third kappa shape index (κ3) is 2.83. The Kier molecular flexibility index (Phi) is 3.88. The van der Waals surface area contributed by atoms with E-state index in [9.17, 15) is 19.6 Å².